The van der Waals surface area contributed by atoms with Crippen molar-refractivity contribution in [3.8, 4) is 17.5 Å². The minimum absolute atomic E-state index is 0.101. The molecule has 0 spiro atoms. The van der Waals surface area contributed by atoms with Gasteiger partial charge >= 0.3 is 0 Å². The van der Waals surface area contributed by atoms with Crippen LogP contribution in [-0.2, 0) is 0 Å². The van der Waals surface area contributed by atoms with Crippen LogP contribution in [0.25, 0.3) is 22.6 Å². The monoisotopic (exact) mass is 498 g/mol. The van der Waals surface area contributed by atoms with E-state index in [9.17, 15) is 4.79 Å². The lowest BCUT2D eigenvalue weighted by Gasteiger charge is -2.48. The van der Waals surface area contributed by atoms with E-state index < -0.39 is 0 Å². The first-order valence-electron chi connectivity index (χ1n) is 9.73. The van der Waals surface area contributed by atoms with Crippen molar-refractivity contribution in [3.63, 3.8) is 0 Å². The van der Waals surface area contributed by atoms with Gasteiger partial charge in [0.05, 0.1) is 27.3 Å². The highest BCUT2D eigenvalue weighted by atomic mass is 127. The van der Waals surface area contributed by atoms with E-state index in [-0.39, 0.29) is 11.9 Å². The highest BCUT2D eigenvalue weighted by Crippen LogP contribution is 2.35. The molecule has 2 bridgehead atoms. The molecule has 1 aromatic heterocycles. The lowest BCUT2D eigenvalue weighted by molar-refractivity contribution is 0.0554. The molecule has 146 valence electrons. The van der Waals surface area contributed by atoms with Crippen LogP contribution >= 0.6 is 22.6 Å². The van der Waals surface area contributed by atoms with Crippen LogP contribution in [0.15, 0.2) is 46.9 Å². The summed E-state index contributed by atoms with van der Waals surface area (Å²) in [6, 6.07) is 14.8. The van der Waals surface area contributed by atoms with Gasteiger partial charge in [0.1, 0.15) is 5.52 Å². The number of hydrogen-bond acceptors (Lipinski definition) is 5. The maximum Gasteiger partial charge on any atom is 0.253 e. The Labute approximate surface area is 182 Å². The standard InChI is InChI=1S/C22H19IN4O2/c23-20-18(14-8-10-27(20)11-9-14)25-21(28)16-2-1-3-17-19(16)26-22(29-17)15-6-4-13(12-24)5-7-15/h1-7,14,18,20H,8-11H2,(H,25,28). The van der Waals surface area contributed by atoms with Gasteiger partial charge in [-0.3, -0.25) is 9.69 Å². The highest BCUT2D eigenvalue weighted by Gasteiger charge is 2.41. The molecule has 0 radical (unpaired) electrons. The summed E-state index contributed by atoms with van der Waals surface area (Å²) in [5, 5.41) is 12.2. The van der Waals surface area contributed by atoms with Crippen molar-refractivity contribution in [1.82, 2.24) is 15.2 Å². The number of hydrogen-bond donors (Lipinski definition) is 1. The summed E-state index contributed by atoms with van der Waals surface area (Å²) < 4.78 is 6.22. The van der Waals surface area contributed by atoms with E-state index in [1.807, 2.05) is 12.1 Å². The Bertz CT molecular complexity index is 1110. The number of benzene rings is 2. The molecular weight excluding hydrogens is 479 g/mol. The fourth-order valence-corrected chi connectivity index (χ4v) is 5.66. The number of amides is 1. The number of piperidine rings is 3. The number of oxazole rings is 1. The predicted octanol–water partition coefficient (Wildman–Crippen LogP) is 3.95. The average molecular weight is 498 g/mol. The van der Waals surface area contributed by atoms with Gasteiger partial charge in [-0.25, -0.2) is 4.98 Å². The van der Waals surface area contributed by atoms with Crippen molar-refractivity contribution in [2.75, 3.05) is 13.1 Å². The number of para-hydroxylation sites is 1. The van der Waals surface area contributed by atoms with Gasteiger partial charge in [-0.05, 0) is 68.2 Å². The van der Waals surface area contributed by atoms with E-state index in [1.54, 1.807) is 30.3 Å². The van der Waals surface area contributed by atoms with Gasteiger partial charge < -0.3 is 9.73 Å². The van der Waals surface area contributed by atoms with Crippen molar-refractivity contribution in [2.24, 2.45) is 5.92 Å². The Morgan fingerprint density at radius 2 is 1.97 bits per heavy atom. The first-order chi connectivity index (χ1) is 14.1. The molecule has 2 atom stereocenters. The van der Waals surface area contributed by atoms with Crippen molar-refractivity contribution >= 4 is 39.6 Å². The average Bonchev–Trinajstić information content (AvgIpc) is 3.21. The maximum absolute atomic E-state index is 13.1. The maximum atomic E-state index is 13.1. The van der Waals surface area contributed by atoms with E-state index in [0.29, 0.717) is 38.1 Å². The second kappa shape index (κ2) is 7.43. The molecule has 7 heteroatoms. The molecule has 0 saturated carbocycles. The van der Waals surface area contributed by atoms with Crippen LogP contribution in [0.5, 0.6) is 0 Å². The fraction of sp³-hybridized carbons (Fsp3) is 0.318. The van der Waals surface area contributed by atoms with E-state index in [1.165, 1.54) is 0 Å². The minimum atomic E-state index is -0.101. The van der Waals surface area contributed by atoms with Gasteiger partial charge in [0.15, 0.2) is 5.58 Å². The normalized spacial score (nSPS) is 25.7. The van der Waals surface area contributed by atoms with Gasteiger partial charge in [0.2, 0.25) is 5.89 Å². The molecule has 1 amide bonds. The number of nitrogens with one attached hydrogen (secondary N) is 1. The number of alkyl halides is 1. The second-order valence-electron chi connectivity index (χ2n) is 7.61. The predicted molar refractivity (Wildman–Crippen MR) is 118 cm³/mol. The number of carbonyl (C=O) groups is 1. The molecule has 4 heterocycles. The molecule has 3 saturated heterocycles. The van der Waals surface area contributed by atoms with Crippen LogP contribution in [0, 0.1) is 17.2 Å². The molecule has 6 rings (SSSR count). The Hall–Kier alpha value is -2.44. The molecular formula is C22H19IN4O2. The number of rotatable bonds is 3. The quantitative estimate of drug-likeness (QED) is 0.336. The van der Waals surface area contributed by atoms with Crippen molar-refractivity contribution in [3.05, 3.63) is 53.6 Å². The van der Waals surface area contributed by atoms with E-state index in [4.69, 9.17) is 9.68 Å². The zero-order valence-corrected chi connectivity index (χ0v) is 17.8. The Morgan fingerprint density at radius 3 is 2.66 bits per heavy atom. The van der Waals surface area contributed by atoms with E-state index in [2.05, 4.69) is 43.9 Å². The molecule has 3 aliphatic rings. The third-order valence-electron chi connectivity index (χ3n) is 5.95. The minimum Gasteiger partial charge on any atom is -0.436 e. The lowest BCUT2D eigenvalue weighted by Crippen LogP contribution is -2.61. The van der Waals surface area contributed by atoms with Gasteiger partial charge in [0.25, 0.3) is 5.91 Å². The van der Waals surface area contributed by atoms with Crippen LogP contribution in [0.2, 0.25) is 0 Å². The summed E-state index contributed by atoms with van der Waals surface area (Å²) in [7, 11) is 0. The molecule has 2 aromatic carbocycles. The summed E-state index contributed by atoms with van der Waals surface area (Å²) in [5.74, 6) is 0.881. The van der Waals surface area contributed by atoms with Gasteiger partial charge in [-0.1, -0.05) is 28.7 Å². The summed E-state index contributed by atoms with van der Waals surface area (Å²) >= 11 is 2.45. The molecule has 2 unspecified atom stereocenters. The molecule has 3 aromatic rings. The summed E-state index contributed by atoms with van der Waals surface area (Å²) in [6.07, 6.45) is 2.28. The summed E-state index contributed by atoms with van der Waals surface area (Å²) in [5.41, 5.74) is 3.03. The summed E-state index contributed by atoms with van der Waals surface area (Å²) in [6.45, 7) is 2.24. The number of halogens is 1. The second-order valence-corrected chi connectivity index (χ2v) is 8.88. The Morgan fingerprint density at radius 1 is 1.21 bits per heavy atom. The van der Waals surface area contributed by atoms with Crippen LogP contribution in [0.1, 0.15) is 28.8 Å². The first kappa shape index (κ1) is 18.6. The number of aromatic nitrogens is 1. The van der Waals surface area contributed by atoms with Crippen LogP contribution in [0.3, 0.4) is 0 Å². The largest absolute Gasteiger partial charge is 0.436 e. The van der Waals surface area contributed by atoms with Crippen molar-refractivity contribution in [1.29, 1.82) is 5.26 Å². The Kier molecular flexibility index (Phi) is 4.76. The highest BCUT2D eigenvalue weighted by molar-refractivity contribution is 14.1. The third-order valence-corrected chi connectivity index (χ3v) is 7.51. The molecule has 6 nitrogen and oxygen atoms in total. The molecule has 29 heavy (non-hydrogen) atoms. The molecule has 0 aliphatic carbocycles. The van der Waals surface area contributed by atoms with Crippen molar-refractivity contribution < 1.29 is 9.21 Å². The fourth-order valence-electron chi connectivity index (χ4n) is 4.34. The molecule has 1 N–H and O–H groups in total. The Balaban J connectivity index is 1.45. The zero-order valence-electron chi connectivity index (χ0n) is 15.6. The van der Waals surface area contributed by atoms with Crippen LogP contribution in [-0.4, -0.2) is 39.0 Å². The van der Waals surface area contributed by atoms with Crippen molar-refractivity contribution in [2.45, 2.75) is 22.9 Å². The number of carbonyl (C=O) groups excluding carboxylic acids is 1. The van der Waals surface area contributed by atoms with Gasteiger partial charge in [-0.2, -0.15) is 5.26 Å². The van der Waals surface area contributed by atoms with Gasteiger partial charge in [0, 0.05) is 5.56 Å². The van der Waals surface area contributed by atoms with Crippen LogP contribution in [0.4, 0.5) is 0 Å². The smallest absolute Gasteiger partial charge is 0.253 e. The zero-order chi connectivity index (χ0) is 20.0. The molecule has 3 fully saturated rings. The SMILES string of the molecule is N#Cc1ccc(-c2nc3c(C(=O)NC4C5CCN(CC5)C4I)cccc3o2)cc1. The summed E-state index contributed by atoms with van der Waals surface area (Å²) in [4.78, 5) is 20.2. The number of fused-ring (bicyclic) bond motifs is 4. The number of nitriles is 1. The third kappa shape index (κ3) is 3.30. The van der Waals surface area contributed by atoms with E-state index >= 15 is 0 Å². The van der Waals surface area contributed by atoms with Crippen LogP contribution < -0.4 is 5.32 Å². The first-order valence-corrected chi connectivity index (χ1v) is 11.0. The van der Waals surface area contributed by atoms with Gasteiger partial charge in [-0.15, -0.1) is 0 Å². The lowest BCUT2D eigenvalue weighted by atomic mass is 9.84. The number of nitrogens with zero attached hydrogens (tertiary/aromatic N) is 3. The topological polar surface area (TPSA) is 82.2 Å². The molecule has 3 aliphatic heterocycles. The van der Waals surface area contributed by atoms with E-state index in [0.717, 1.165) is 31.5 Å².